The van der Waals surface area contributed by atoms with Crippen molar-refractivity contribution in [3.8, 4) is 0 Å². The molecule has 0 heterocycles. The van der Waals surface area contributed by atoms with Crippen molar-refractivity contribution in [2.75, 3.05) is 6.54 Å². The van der Waals surface area contributed by atoms with Crippen molar-refractivity contribution in [2.24, 2.45) is 11.7 Å². The Hall–Kier alpha value is 0.0249. The predicted octanol–water partition coefficient (Wildman–Crippen LogP) is 2.12. The fraction of sp³-hybridized carbons (Fsp3) is 1.00. The van der Waals surface area contributed by atoms with Gasteiger partial charge in [-0.2, -0.15) is 0 Å². The second-order valence-corrected chi connectivity index (χ2v) is 3.26. The standard InChI is InChI=1S/C8H20BN/c1-4-9(5-2)6-8(3)7-10/h8H,4-7,10H2,1-3H3. The molecule has 0 rings (SSSR count). The van der Waals surface area contributed by atoms with E-state index in [0.717, 1.165) is 13.3 Å². The molecule has 0 spiro atoms. The molecule has 0 aliphatic rings. The van der Waals surface area contributed by atoms with Crippen LogP contribution in [0.2, 0.25) is 19.0 Å². The topological polar surface area (TPSA) is 26.0 Å². The van der Waals surface area contributed by atoms with Crippen LogP contribution in [0.15, 0.2) is 0 Å². The normalized spacial score (nSPS) is 13.2. The van der Waals surface area contributed by atoms with Gasteiger partial charge in [-0.05, 0) is 12.5 Å². The van der Waals surface area contributed by atoms with Gasteiger partial charge in [-0.25, -0.2) is 0 Å². The summed E-state index contributed by atoms with van der Waals surface area (Å²) in [5.41, 5.74) is 5.53. The third kappa shape index (κ3) is 3.94. The summed E-state index contributed by atoms with van der Waals surface area (Å²) in [5, 5.41) is 0. The summed E-state index contributed by atoms with van der Waals surface area (Å²) in [7, 11) is 0. The summed E-state index contributed by atoms with van der Waals surface area (Å²) in [5.74, 6) is 0.713. The maximum Gasteiger partial charge on any atom is 0.139 e. The molecular weight excluding hydrogens is 121 g/mol. The van der Waals surface area contributed by atoms with Crippen LogP contribution in [-0.2, 0) is 0 Å². The lowest BCUT2D eigenvalue weighted by Gasteiger charge is -2.12. The molecule has 0 aromatic heterocycles. The lowest BCUT2D eigenvalue weighted by Crippen LogP contribution is -2.19. The second kappa shape index (κ2) is 5.78. The molecule has 0 aliphatic carbocycles. The molecule has 0 aromatic carbocycles. The number of hydrogen-bond donors (Lipinski definition) is 1. The van der Waals surface area contributed by atoms with E-state index < -0.39 is 0 Å². The van der Waals surface area contributed by atoms with Crippen LogP contribution in [0.1, 0.15) is 20.8 Å². The van der Waals surface area contributed by atoms with Crippen molar-refractivity contribution in [3.63, 3.8) is 0 Å². The van der Waals surface area contributed by atoms with Gasteiger partial charge in [0, 0.05) is 0 Å². The molecule has 0 fully saturated rings. The minimum atomic E-state index is 0.713. The van der Waals surface area contributed by atoms with Crippen LogP contribution < -0.4 is 5.73 Å². The molecule has 0 aliphatic heterocycles. The zero-order chi connectivity index (χ0) is 7.98. The molecule has 2 N–H and O–H groups in total. The third-order valence-corrected chi connectivity index (χ3v) is 2.29. The number of nitrogens with two attached hydrogens (primary N) is 1. The van der Waals surface area contributed by atoms with E-state index in [0.29, 0.717) is 5.92 Å². The first-order valence-corrected chi connectivity index (χ1v) is 4.44. The van der Waals surface area contributed by atoms with Crippen LogP contribution in [0, 0.1) is 5.92 Å². The molecule has 1 unspecified atom stereocenters. The Morgan fingerprint density at radius 3 is 2.10 bits per heavy atom. The Labute approximate surface area is 65.5 Å². The van der Waals surface area contributed by atoms with Gasteiger partial charge in [0.25, 0.3) is 0 Å². The van der Waals surface area contributed by atoms with E-state index in [1.807, 2.05) is 0 Å². The SMILES string of the molecule is CCB(CC)CC(C)CN. The van der Waals surface area contributed by atoms with Crippen molar-refractivity contribution >= 4 is 6.71 Å². The lowest BCUT2D eigenvalue weighted by atomic mass is 9.42. The Morgan fingerprint density at radius 2 is 1.80 bits per heavy atom. The Morgan fingerprint density at radius 1 is 1.30 bits per heavy atom. The zero-order valence-electron chi connectivity index (χ0n) is 7.56. The van der Waals surface area contributed by atoms with E-state index in [9.17, 15) is 0 Å². The maximum atomic E-state index is 5.53. The molecule has 0 radical (unpaired) electrons. The molecule has 10 heavy (non-hydrogen) atoms. The fourth-order valence-electron chi connectivity index (χ4n) is 1.29. The largest absolute Gasteiger partial charge is 0.330 e. The molecular formula is C8H20BN. The Kier molecular flexibility index (Phi) is 5.80. The minimum absolute atomic E-state index is 0.713. The molecule has 0 aromatic rings. The molecule has 0 saturated heterocycles. The quantitative estimate of drug-likeness (QED) is 0.583. The van der Waals surface area contributed by atoms with Gasteiger partial charge in [-0.15, -0.1) is 0 Å². The first-order chi connectivity index (χ1) is 4.74. The van der Waals surface area contributed by atoms with Crippen LogP contribution in [0.4, 0.5) is 0 Å². The predicted molar refractivity (Wildman–Crippen MR) is 49.7 cm³/mol. The highest BCUT2D eigenvalue weighted by molar-refractivity contribution is 6.58. The first kappa shape index (κ1) is 10.0. The van der Waals surface area contributed by atoms with E-state index in [4.69, 9.17) is 5.73 Å². The van der Waals surface area contributed by atoms with Crippen molar-refractivity contribution in [2.45, 2.75) is 39.7 Å². The van der Waals surface area contributed by atoms with Crippen molar-refractivity contribution in [3.05, 3.63) is 0 Å². The molecule has 2 heteroatoms. The van der Waals surface area contributed by atoms with Gasteiger partial charge in [0.05, 0.1) is 0 Å². The smallest absolute Gasteiger partial charge is 0.139 e. The highest BCUT2D eigenvalue weighted by atomic mass is 14.5. The fourth-order valence-corrected chi connectivity index (χ4v) is 1.29. The van der Waals surface area contributed by atoms with Crippen LogP contribution >= 0.6 is 0 Å². The monoisotopic (exact) mass is 141 g/mol. The summed E-state index contributed by atoms with van der Waals surface area (Å²) in [4.78, 5) is 0. The molecule has 0 amide bonds. The number of hydrogen-bond acceptors (Lipinski definition) is 1. The molecule has 0 saturated carbocycles. The van der Waals surface area contributed by atoms with Crippen LogP contribution in [-0.4, -0.2) is 13.3 Å². The summed E-state index contributed by atoms with van der Waals surface area (Å²) in [6.07, 6.45) is 3.92. The van der Waals surface area contributed by atoms with Crippen molar-refractivity contribution in [1.29, 1.82) is 0 Å². The van der Waals surface area contributed by atoms with Gasteiger partial charge in [0.15, 0.2) is 0 Å². The first-order valence-electron chi connectivity index (χ1n) is 4.44. The molecule has 0 bridgehead atoms. The molecule has 1 atom stereocenters. The zero-order valence-corrected chi connectivity index (χ0v) is 7.56. The summed E-state index contributed by atoms with van der Waals surface area (Å²) in [6.45, 7) is 8.50. The number of rotatable bonds is 5. The van der Waals surface area contributed by atoms with Crippen LogP contribution in [0.25, 0.3) is 0 Å². The Bertz CT molecular complexity index is 71.7. The summed E-state index contributed by atoms with van der Waals surface area (Å²) < 4.78 is 0. The Balaban J connectivity index is 3.41. The van der Waals surface area contributed by atoms with E-state index in [-0.39, 0.29) is 0 Å². The van der Waals surface area contributed by atoms with Gasteiger partial charge in [0.1, 0.15) is 6.71 Å². The van der Waals surface area contributed by atoms with Crippen LogP contribution in [0.5, 0.6) is 0 Å². The average Bonchev–Trinajstić information content (AvgIpc) is 1.99. The van der Waals surface area contributed by atoms with E-state index >= 15 is 0 Å². The van der Waals surface area contributed by atoms with Gasteiger partial charge >= 0.3 is 0 Å². The summed E-state index contributed by atoms with van der Waals surface area (Å²) in [6, 6.07) is 0. The van der Waals surface area contributed by atoms with Crippen molar-refractivity contribution in [1.82, 2.24) is 0 Å². The second-order valence-electron chi connectivity index (χ2n) is 3.26. The van der Waals surface area contributed by atoms with Gasteiger partial charge in [-0.3, -0.25) is 0 Å². The van der Waals surface area contributed by atoms with E-state index in [1.165, 1.54) is 19.0 Å². The summed E-state index contributed by atoms with van der Waals surface area (Å²) >= 11 is 0. The molecule has 60 valence electrons. The highest BCUT2D eigenvalue weighted by Crippen LogP contribution is 2.11. The van der Waals surface area contributed by atoms with Crippen LogP contribution in [0.3, 0.4) is 0 Å². The van der Waals surface area contributed by atoms with Gasteiger partial charge in [0.2, 0.25) is 0 Å². The van der Waals surface area contributed by atoms with Gasteiger partial charge in [-0.1, -0.05) is 39.7 Å². The lowest BCUT2D eigenvalue weighted by molar-refractivity contribution is 0.654. The maximum absolute atomic E-state index is 5.53. The highest BCUT2D eigenvalue weighted by Gasteiger charge is 2.11. The third-order valence-electron chi connectivity index (χ3n) is 2.29. The van der Waals surface area contributed by atoms with Gasteiger partial charge < -0.3 is 5.73 Å². The van der Waals surface area contributed by atoms with Crippen molar-refractivity contribution < 1.29 is 0 Å². The van der Waals surface area contributed by atoms with E-state index in [1.54, 1.807) is 0 Å². The van der Waals surface area contributed by atoms with E-state index in [2.05, 4.69) is 20.8 Å². The molecule has 1 nitrogen and oxygen atoms in total. The average molecular weight is 141 g/mol. The minimum Gasteiger partial charge on any atom is -0.330 e.